The summed E-state index contributed by atoms with van der Waals surface area (Å²) in [5.74, 6) is -1.09. The molecular formula is C62H102O6. The molecular weight excluding hydrogens is 841 g/mol. The van der Waals surface area contributed by atoms with Gasteiger partial charge in [-0.05, 0) is 103 Å². The van der Waals surface area contributed by atoms with Crippen LogP contribution in [0.4, 0.5) is 0 Å². The van der Waals surface area contributed by atoms with Crippen molar-refractivity contribution in [1.29, 1.82) is 0 Å². The standard InChI is InChI=1S/C62H102O6/c1-4-7-10-13-16-19-22-25-27-29-31-33-34-37-40-43-46-49-52-55-61(64)67-58-59(57-66-60(63)54-51-48-45-42-39-36-24-21-18-15-12-9-6-3)68-62(65)56-53-50-47-44-41-38-35-32-30-28-26-23-20-17-14-11-8-5-2/h7,10,16,19,25,27,31-33,35-37,39-40,45-46,48-49,59H,4-6,8-9,11-15,17-18,20-24,26,28-30,34,38,41-44,47,50-58H2,1-3H3/b10-7+,19-16+,27-25+,33-31+,35-32+,39-36+,40-37+,48-45+,49-46+. The summed E-state index contributed by atoms with van der Waals surface area (Å²) in [6.07, 6.45) is 75.3. The van der Waals surface area contributed by atoms with Crippen molar-refractivity contribution in [2.24, 2.45) is 0 Å². The molecule has 1 atom stereocenters. The third kappa shape index (κ3) is 53.0. The van der Waals surface area contributed by atoms with E-state index in [0.29, 0.717) is 12.8 Å². The molecule has 1 unspecified atom stereocenters. The summed E-state index contributed by atoms with van der Waals surface area (Å²) in [6, 6.07) is 0. The number of hydrogen-bond acceptors (Lipinski definition) is 6. The highest BCUT2D eigenvalue weighted by Gasteiger charge is 2.19. The van der Waals surface area contributed by atoms with E-state index in [9.17, 15) is 14.4 Å². The van der Waals surface area contributed by atoms with Crippen molar-refractivity contribution in [3.63, 3.8) is 0 Å². The zero-order chi connectivity index (χ0) is 49.3. The predicted molar refractivity (Wildman–Crippen MR) is 293 cm³/mol. The SMILES string of the molecule is CC/C=C/C/C=C/C/C=C/C/C=C/C/C=C/C/C=C/CCC(=O)OCC(COC(=O)CC/C=C/C/C=C/CCCCCCCC)OC(=O)CCCCCCC/C=C/CCCCCCCCCCC. The molecule has 68 heavy (non-hydrogen) atoms. The molecule has 0 bridgehead atoms. The van der Waals surface area contributed by atoms with Gasteiger partial charge in [-0.25, -0.2) is 0 Å². The Balaban J connectivity index is 4.56. The number of carbonyl (C=O) groups is 3. The average Bonchev–Trinajstić information content (AvgIpc) is 3.34. The molecule has 6 nitrogen and oxygen atoms in total. The fourth-order valence-electron chi connectivity index (χ4n) is 7.34. The maximum Gasteiger partial charge on any atom is 0.306 e. The third-order valence-corrected chi connectivity index (χ3v) is 11.5. The predicted octanol–water partition coefficient (Wildman–Crippen LogP) is 18.7. The molecule has 0 aliphatic heterocycles. The number of rotatable bonds is 49. The molecule has 0 aromatic heterocycles. The highest BCUT2D eigenvalue weighted by Crippen LogP contribution is 2.13. The van der Waals surface area contributed by atoms with Crippen LogP contribution < -0.4 is 0 Å². The summed E-state index contributed by atoms with van der Waals surface area (Å²) < 4.78 is 16.7. The Bertz CT molecular complexity index is 1410. The Hall–Kier alpha value is -3.93. The Morgan fingerprint density at radius 3 is 0.971 bits per heavy atom. The number of allylic oxidation sites excluding steroid dienone is 18. The summed E-state index contributed by atoms with van der Waals surface area (Å²) in [5.41, 5.74) is 0. The number of ether oxygens (including phenoxy) is 3. The van der Waals surface area contributed by atoms with Gasteiger partial charge in [0.25, 0.3) is 0 Å². The smallest absolute Gasteiger partial charge is 0.306 e. The lowest BCUT2D eigenvalue weighted by Gasteiger charge is -2.18. The highest BCUT2D eigenvalue weighted by atomic mass is 16.6. The molecule has 6 heteroatoms. The van der Waals surface area contributed by atoms with E-state index in [2.05, 4.69) is 112 Å². The van der Waals surface area contributed by atoms with Crippen molar-refractivity contribution in [2.45, 2.75) is 252 Å². The Morgan fingerprint density at radius 2 is 0.603 bits per heavy atom. The summed E-state index contributed by atoms with van der Waals surface area (Å²) in [6.45, 7) is 6.39. The van der Waals surface area contributed by atoms with E-state index in [1.54, 1.807) is 0 Å². The van der Waals surface area contributed by atoms with Crippen LogP contribution in [0, 0.1) is 0 Å². The van der Waals surface area contributed by atoms with Crippen LogP contribution in [-0.4, -0.2) is 37.2 Å². The molecule has 0 aromatic carbocycles. The van der Waals surface area contributed by atoms with E-state index in [0.717, 1.165) is 83.5 Å². The average molecular weight is 943 g/mol. The van der Waals surface area contributed by atoms with Gasteiger partial charge in [-0.1, -0.05) is 233 Å². The third-order valence-electron chi connectivity index (χ3n) is 11.5. The second kappa shape index (κ2) is 55.7. The minimum atomic E-state index is -0.837. The zero-order valence-electron chi connectivity index (χ0n) is 44.1. The van der Waals surface area contributed by atoms with Gasteiger partial charge >= 0.3 is 17.9 Å². The Morgan fingerprint density at radius 1 is 0.309 bits per heavy atom. The lowest BCUT2D eigenvalue weighted by atomic mass is 10.1. The van der Waals surface area contributed by atoms with Gasteiger partial charge in [0, 0.05) is 19.3 Å². The molecule has 0 spiro atoms. The first-order chi connectivity index (χ1) is 33.5. The summed E-state index contributed by atoms with van der Waals surface area (Å²) in [5, 5.41) is 0. The van der Waals surface area contributed by atoms with Gasteiger partial charge in [0.2, 0.25) is 0 Å². The van der Waals surface area contributed by atoms with Crippen LogP contribution in [0.25, 0.3) is 0 Å². The molecule has 0 aliphatic carbocycles. The zero-order valence-corrected chi connectivity index (χ0v) is 44.1. The first kappa shape index (κ1) is 64.1. The number of hydrogen-bond donors (Lipinski definition) is 0. The molecule has 0 saturated carbocycles. The summed E-state index contributed by atoms with van der Waals surface area (Å²) >= 11 is 0. The van der Waals surface area contributed by atoms with Gasteiger partial charge < -0.3 is 14.2 Å². The van der Waals surface area contributed by atoms with Crippen molar-refractivity contribution >= 4 is 17.9 Å². The molecule has 0 radical (unpaired) electrons. The van der Waals surface area contributed by atoms with Crippen molar-refractivity contribution in [3.05, 3.63) is 109 Å². The monoisotopic (exact) mass is 943 g/mol. The highest BCUT2D eigenvalue weighted by molar-refractivity contribution is 5.71. The molecule has 0 heterocycles. The number of esters is 3. The van der Waals surface area contributed by atoms with Crippen LogP contribution in [0.2, 0.25) is 0 Å². The van der Waals surface area contributed by atoms with E-state index in [1.807, 2.05) is 18.2 Å². The molecule has 0 fully saturated rings. The second-order valence-electron chi connectivity index (χ2n) is 18.1. The van der Waals surface area contributed by atoms with Gasteiger partial charge in [0.1, 0.15) is 13.2 Å². The van der Waals surface area contributed by atoms with Gasteiger partial charge in [0.15, 0.2) is 6.10 Å². The lowest BCUT2D eigenvalue weighted by molar-refractivity contribution is -0.166. The van der Waals surface area contributed by atoms with E-state index in [-0.39, 0.29) is 50.4 Å². The van der Waals surface area contributed by atoms with Gasteiger partial charge in [0.05, 0.1) is 0 Å². The van der Waals surface area contributed by atoms with Crippen molar-refractivity contribution in [2.75, 3.05) is 13.2 Å². The fraction of sp³-hybridized carbons (Fsp3) is 0.661. The van der Waals surface area contributed by atoms with Crippen LogP contribution in [0.5, 0.6) is 0 Å². The minimum Gasteiger partial charge on any atom is -0.462 e. The second-order valence-corrected chi connectivity index (χ2v) is 18.1. The van der Waals surface area contributed by atoms with Crippen LogP contribution >= 0.6 is 0 Å². The van der Waals surface area contributed by atoms with Crippen molar-refractivity contribution in [1.82, 2.24) is 0 Å². The Kier molecular flexibility index (Phi) is 52.4. The quantitative estimate of drug-likeness (QED) is 0.0262. The molecule has 0 N–H and O–H groups in total. The van der Waals surface area contributed by atoms with Crippen LogP contribution in [0.1, 0.15) is 245 Å². The molecule has 0 rings (SSSR count). The normalized spacial score (nSPS) is 12.9. The first-order valence-corrected chi connectivity index (χ1v) is 27.9. The van der Waals surface area contributed by atoms with Crippen LogP contribution in [0.3, 0.4) is 0 Å². The van der Waals surface area contributed by atoms with Crippen molar-refractivity contribution in [3.8, 4) is 0 Å². The van der Waals surface area contributed by atoms with Gasteiger partial charge in [-0.3, -0.25) is 14.4 Å². The van der Waals surface area contributed by atoms with E-state index in [1.165, 1.54) is 109 Å². The van der Waals surface area contributed by atoms with Crippen LogP contribution in [0.15, 0.2) is 109 Å². The summed E-state index contributed by atoms with van der Waals surface area (Å²) in [4.78, 5) is 38.0. The van der Waals surface area contributed by atoms with Crippen molar-refractivity contribution < 1.29 is 28.6 Å². The maximum absolute atomic E-state index is 12.8. The number of unbranched alkanes of at least 4 members (excludes halogenated alkanes) is 20. The largest absolute Gasteiger partial charge is 0.462 e. The van der Waals surface area contributed by atoms with Gasteiger partial charge in [-0.2, -0.15) is 0 Å². The lowest BCUT2D eigenvalue weighted by Crippen LogP contribution is -2.30. The van der Waals surface area contributed by atoms with E-state index in [4.69, 9.17) is 14.2 Å². The topological polar surface area (TPSA) is 78.9 Å². The molecule has 0 aromatic rings. The van der Waals surface area contributed by atoms with Gasteiger partial charge in [-0.15, -0.1) is 0 Å². The molecule has 386 valence electrons. The molecule has 0 aliphatic rings. The first-order valence-electron chi connectivity index (χ1n) is 27.9. The maximum atomic E-state index is 12.8. The summed E-state index contributed by atoms with van der Waals surface area (Å²) in [7, 11) is 0. The minimum absolute atomic E-state index is 0.136. The fourth-order valence-corrected chi connectivity index (χ4v) is 7.34. The van der Waals surface area contributed by atoms with Crippen LogP contribution in [-0.2, 0) is 28.6 Å². The molecule has 0 saturated heterocycles. The Labute approximate surface area is 419 Å². The number of carbonyl (C=O) groups excluding carboxylic acids is 3. The van der Waals surface area contributed by atoms with E-state index < -0.39 is 6.10 Å². The molecule has 0 amide bonds. The van der Waals surface area contributed by atoms with E-state index >= 15 is 0 Å².